The lowest BCUT2D eigenvalue weighted by molar-refractivity contribution is 0.108. The first-order valence-electron chi connectivity index (χ1n) is 10.7. The molecule has 0 spiro atoms. The third-order valence-corrected chi connectivity index (χ3v) is 5.22. The number of ether oxygens (including phenoxy) is 2. The SMILES string of the molecule is CNCC(O)COc1cccc(-c2nc(N[C@@H]3CCOC3)c(C)c(-c3cncnc3)n2)c1. The zero-order valence-corrected chi connectivity index (χ0v) is 18.3. The number of hydrogen-bond donors (Lipinski definition) is 3. The normalized spacial score (nSPS) is 16.7. The van der Waals surface area contributed by atoms with E-state index in [1.807, 2.05) is 31.2 Å². The smallest absolute Gasteiger partial charge is 0.162 e. The van der Waals surface area contributed by atoms with Crippen molar-refractivity contribution in [2.24, 2.45) is 0 Å². The second-order valence-corrected chi connectivity index (χ2v) is 7.75. The standard InChI is InChI=1S/C23H28N6O3/c1-15-21(17-9-25-14-26-10-17)28-23(29-22(15)27-18-6-7-31-12-18)16-4-3-5-20(8-16)32-13-19(30)11-24-2/h3-5,8-10,14,18-19,24,30H,6-7,11-13H2,1-2H3,(H,27,28,29)/t18-,19?/m1/s1. The number of anilines is 1. The highest BCUT2D eigenvalue weighted by molar-refractivity contribution is 5.71. The molecule has 2 atom stereocenters. The van der Waals surface area contributed by atoms with Crippen LogP contribution in [0, 0.1) is 6.92 Å². The number of aliphatic hydroxyl groups is 1. The van der Waals surface area contributed by atoms with Crippen molar-refractivity contribution in [2.75, 3.05) is 38.7 Å². The van der Waals surface area contributed by atoms with Crippen molar-refractivity contribution in [3.8, 4) is 28.4 Å². The summed E-state index contributed by atoms with van der Waals surface area (Å²) in [4.78, 5) is 18.0. The molecule has 0 radical (unpaired) electrons. The lowest BCUT2D eigenvalue weighted by Crippen LogP contribution is -2.29. The van der Waals surface area contributed by atoms with Gasteiger partial charge in [0.15, 0.2) is 5.82 Å². The highest BCUT2D eigenvalue weighted by atomic mass is 16.5. The van der Waals surface area contributed by atoms with Crippen LogP contribution < -0.4 is 15.4 Å². The van der Waals surface area contributed by atoms with Crippen LogP contribution in [0.25, 0.3) is 22.6 Å². The second-order valence-electron chi connectivity index (χ2n) is 7.75. The van der Waals surface area contributed by atoms with Crippen LogP contribution in [0.1, 0.15) is 12.0 Å². The Balaban J connectivity index is 1.67. The molecule has 1 aromatic carbocycles. The van der Waals surface area contributed by atoms with E-state index in [0.717, 1.165) is 41.2 Å². The lowest BCUT2D eigenvalue weighted by atomic mass is 10.1. The van der Waals surface area contributed by atoms with Crippen LogP contribution >= 0.6 is 0 Å². The molecule has 9 heteroatoms. The van der Waals surface area contributed by atoms with Gasteiger partial charge in [0, 0.05) is 42.2 Å². The zero-order chi connectivity index (χ0) is 22.3. The molecule has 1 fully saturated rings. The molecule has 1 aliphatic heterocycles. The van der Waals surface area contributed by atoms with Crippen LogP contribution in [0.4, 0.5) is 5.82 Å². The molecule has 0 amide bonds. The van der Waals surface area contributed by atoms with E-state index in [1.165, 1.54) is 6.33 Å². The van der Waals surface area contributed by atoms with Gasteiger partial charge < -0.3 is 25.2 Å². The van der Waals surface area contributed by atoms with E-state index in [9.17, 15) is 5.11 Å². The molecule has 0 bridgehead atoms. The average Bonchev–Trinajstić information content (AvgIpc) is 3.33. The number of nitrogens with one attached hydrogen (secondary N) is 2. The molecule has 3 N–H and O–H groups in total. The fraction of sp³-hybridized carbons (Fsp3) is 0.391. The van der Waals surface area contributed by atoms with E-state index in [4.69, 9.17) is 19.4 Å². The minimum Gasteiger partial charge on any atom is -0.491 e. The monoisotopic (exact) mass is 436 g/mol. The van der Waals surface area contributed by atoms with E-state index in [2.05, 4.69) is 20.6 Å². The van der Waals surface area contributed by atoms with Crippen molar-refractivity contribution in [3.63, 3.8) is 0 Å². The average molecular weight is 437 g/mol. The quantitative estimate of drug-likeness (QED) is 0.464. The summed E-state index contributed by atoms with van der Waals surface area (Å²) < 4.78 is 11.3. The van der Waals surface area contributed by atoms with Gasteiger partial charge in [-0.05, 0) is 32.5 Å². The number of likely N-dealkylation sites (N-methyl/N-ethyl adjacent to an activating group) is 1. The summed E-state index contributed by atoms with van der Waals surface area (Å²) in [6.45, 7) is 4.05. The van der Waals surface area contributed by atoms with Gasteiger partial charge in [-0.3, -0.25) is 0 Å². The van der Waals surface area contributed by atoms with E-state index in [0.29, 0.717) is 24.7 Å². The van der Waals surface area contributed by atoms with Gasteiger partial charge in [-0.1, -0.05) is 12.1 Å². The number of aromatic nitrogens is 4. The topological polar surface area (TPSA) is 114 Å². The Morgan fingerprint density at radius 1 is 1.22 bits per heavy atom. The molecule has 3 aromatic rings. The van der Waals surface area contributed by atoms with E-state index in [1.54, 1.807) is 19.4 Å². The summed E-state index contributed by atoms with van der Waals surface area (Å²) in [5.74, 6) is 1.97. The summed E-state index contributed by atoms with van der Waals surface area (Å²) >= 11 is 0. The van der Waals surface area contributed by atoms with Gasteiger partial charge in [0.25, 0.3) is 0 Å². The van der Waals surface area contributed by atoms with Gasteiger partial charge >= 0.3 is 0 Å². The Labute approximate surface area is 187 Å². The highest BCUT2D eigenvalue weighted by Gasteiger charge is 2.20. The first-order valence-corrected chi connectivity index (χ1v) is 10.7. The molecule has 4 rings (SSSR count). The maximum Gasteiger partial charge on any atom is 0.162 e. The summed E-state index contributed by atoms with van der Waals surface area (Å²) in [5, 5.41) is 16.4. The van der Waals surface area contributed by atoms with Crippen molar-refractivity contribution in [1.29, 1.82) is 0 Å². The molecular weight excluding hydrogens is 408 g/mol. The number of rotatable bonds is 9. The van der Waals surface area contributed by atoms with Gasteiger partial charge in [0.2, 0.25) is 0 Å². The van der Waals surface area contributed by atoms with Crippen molar-refractivity contribution >= 4 is 5.82 Å². The fourth-order valence-corrected chi connectivity index (χ4v) is 3.54. The first-order chi connectivity index (χ1) is 15.6. The van der Waals surface area contributed by atoms with E-state index in [-0.39, 0.29) is 12.6 Å². The zero-order valence-electron chi connectivity index (χ0n) is 18.3. The van der Waals surface area contributed by atoms with Gasteiger partial charge in [0.05, 0.1) is 18.3 Å². The van der Waals surface area contributed by atoms with E-state index < -0.39 is 6.10 Å². The summed E-state index contributed by atoms with van der Waals surface area (Å²) in [5.41, 5.74) is 3.34. The van der Waals surface area contributed by atoms with Crippen LogP contribution in [-0.2, 0) is 4.74 Å². The van der Waals surface area contributed by atoms with Gasteiger partial charge in [-0.25, -0.2) is 19.9 Å². The molecule has 32 heavy (non-hydrogen) atoms. The first kappa shape index (κ1) is 22.1. The molecule has 1 aliphatic rings. The van der Waals surface area contributed by atoms with E-state index >= 15 is 0 Å². The van der Waals surface area contributed by atoms with Crippen molar-refractivity contribution < 1.29 is 14.6 Å². The fourth-order valence-electron chi connectivity index (χ4n) is 3.54. The van der Waals surface area contributed by atoms with Crippen LogP contribution in [0.3, 0.4) is 0 Å². The summed E-state index contributed by atoms with van der Waals surface area (Å²) in [6.07, 6.45) is 5.34. The molecule has 2 aromatic heterocycles. The van der Waals surface area contributed by atoms with Crippen LogP contribution in [-0.4, -0.2) is 70.6 Å². The second kappa shape index (κ2) is 10.4. The Hall–Kier alpha value is -3.14. The Kier molecular flexibility index (Phi) is 7.21. The molecule has 0 aliphatic carbocycles. The minimum absolute atomic E-state index is 0.195. The molecule has 0 saturated carbocycles. The molecular formula is C23H28N6O3. The predicted octanol–water partition coefficient (Wildman–Crippen LogP) is 2.07. The number of hydrogen-bond acceptors (Lipinski definition) is 9. The lowest BCUT2D eigenvalue weighted by Gasteiger charge is -2.17. The Morgan fingerprint density at radius 2 is 2.06 bits per heavy atom. The van der Waals surface area contributed by atoms with Gasteiger partial charge in [-0.15, -0.1) is 0 Å². The predicted molar refractivity (Wildman–Crippen MR) is 122 cm³/mol. The maximum absolute atomic E-state index is 9.92. The molecule has 1 saturated heterocycles. The largest absolute Gasteiger partial charge is 0.491 e. The van der Waals surface area contributed by atoms with Gasteiger partial charge in [0.1, 0.15) is 30.6 Å². The molecule has 1 unspecified atom stereocenters. The third-order valence-electron chi connectivity index (χ3n) is 5.22. The minimum atomic E-state index is -0.589. The number of benzene rings is 1. The third kappa shape index (κ3) is 5.37. The number of aliphatic hydroxyl groups excluding tert-OH is 1. The Bertz CT molecular complexity index is 1030. The summed E-state index contributed by atoms with van der Waals surface area (Å²) in [7, 11) is 1.79. The van der Waals surface area contributed by atoms with Gasteiger partial charge in [-0.2, -0.15) is 0 Å². The van der Waals surface area contributed by atoms with Crippen molar-refractivity contribution in [1.82, 2.24) is 25.3 Å². The number of nitrogens with zero attached hydrogens (tertiary/aromatic N) is 4. The maximum atomic E-state index is 9.92. The molecule has 9 nitrogen and oxygen atoms in total. The van der Waals surface area contributed by atoms with Crippen LogP contribution in [0.15, 0.2) is 43.0 Å². The van der Waals surface area contributed by atoms with Crippen molar-refractivity contribution in [2.45, 2.75) is 25.5 Å². The van der Waals surface area contributed by atoms with Crippen LogP contribution in [0.2, 0.25) is 0 Å². The highest BCUT2D eigenvalue weighted by Crippen LogP contribution is 2.30. The molecule has 168 valence electrons. The summed E-state index contributed by atoms with van der Waals surface area (Å²) in [6, 6.07) is 7.77. The Morgan fingerprint density at radius 3 is 2.81 bits per heavy atom. The van der Waals surface area contributed by atoms with Crippen LogP contribution in [0.5, 0.6) is 5.75 Å². The molecule has 3 heterocycles. The van der Waals surface area contributed by atoms with Crippen molar-refractivity contribution in [3.05, 3.63) is 48.5 Å².